The molecule has 2 heterocycles. The van der Waals surface area contributed by atoms with Crippen molar-refractivity contribution < 1.29 is 9.90 Å². The highest BCUT2D eigenvalue weighted by Gasteiger charge is 2.26. The minimum atomic E-state index is -0.825. The van der Waals surface area contributed by atoms with Crippen molar-refractivity contribution in [1.29, 1.82) is 0 Å². The number of piperidine rings is 1. The Labute approximate surface area is 118 Å². The normalized spacial score (nSPS) is 15.8. The van der Waals surface area contributed by atoms with Gasteiger partial charge in [-0.25, -0.2) is 4.79 Å². The van der Waals surface area contributed by atoms with Crippen molar-refractivity contribution in [3.05, 3.63) is 29.8 Å². The van der Waals surface area contributed by atoms with E-state index in [-0.39, 0.29) is 0 Å². The summed E-state index contributed by atoms with van der Waals surface area (Å²) in [7, 11) is 0. The van der Waals surface area contributed by atoms with Crippen molar-refractivity contribution >= 4 is 22.7 Å². The van der Waals surface area contributed by atoms with Crippen LogP contribution in [0.1, 0.15) is 36.5 Å². The summed E-state index contributed by atoms with van der Waals surface area (Å²) in [5.74, 6) is 0.0647. The minimum absolute atomic E-state index is 0.462. The molecule has 1 N–H and O–H groups in total. The smallest absolute Gasteiger partial charge is 0.340 e. The summed E-state index contributed by atoms with van der Waals surface area (Å²) in [6, 6.07) is 7.81. The van der Waals surface area contributed by atoms with Gasteiger partial charge in [-0.3, -0.25) is 0 Å². The minimum Gasteiger partial charge on any atom is -0.478 e. The average molecular weight is 272 g/mol. The first-order valence-corrected chi connectivity index (χ1v) is 7.33. The number of carbonyl (C=O) groups is 1. The number of aromatic carboxylic acids is 1. The van der Waals surface area contributed by atoms with Gasteiger partial charge < -0.3 is 14.6 Å². The van der Waals surface area contributed by atoms with Crippen LogP contribution in [0.2, 0.25) is 0 Å². The molecule has 0 amide bonds. The van der Waals surface area contributed by atoms with E-state index in [0.717, 1.165) is 49.2 Å². The molecule has 1 aromatic carbocycles. The van der Waals surface area contributed by atoms with Gasteiger partial charge in [-0.15, -0.1) is 0 Å². The summed E-state index contributed by atoms with van der Waals surface area (Å²) in [4.78, 5) is 14.0. The van der Waals surface area contributed by atoms with Gasteiger partial charge in [0.05, 0.1) is 5.52 Å². The molecule has 1 aromatic heterocycles. The van der Waals surface area contributed by atoms with Gasteiger partial charge in [0.15, 0.2) is 0 Å². The molecule has 2 aromatic rings. The van der Waals surface area contributed by atoms with Crippen LogP contribution in [-0.2, 0) is 6.54 Å². The third-order valence-electron chi connectivity index (χ3n) is 4.13. The zero-order chi connectivity index (χ0) is 14.1. The van der Waals surface area contributed by atoms with Gasteiger partial charge in [0, 0.05) is 25.0 Å². The molecule has 0 radical (unpaired) electrons. The van der Waals surface area contributed by atoms with E-state index in [2.05, 4.69) is 16.4 Å². The molecule has 4 nitrogen and oxygen atoms in total. The average Bonchev–Trinajstić information content (AvgIpc) is 2.82. The lowest BCUT2D eigenvalue weighted by molar-refractivity contribution is 0.0699. The third kappa shape index (κ3) is 1.96. The van der Waals surface area contributed by atoms with E-state index < -0.39 is 5.97 Å². The number of fused-ring (bicyclic) bond motifs is 1. The van der Waals surface area contributed by atoms with Crippen LogP contribution in [-0.4, -0.2) is 28.7 Å². The Hall–Kier alpha value is -1.97. The van der Waals surface area contributed by atoms with E-state index in [9.17, 15) is 9.90 Å². The second-order valence-electron chi connectivity index (χ2n) is 5.31. The van der Waals surface area contributed by atoms with Gasteiger partial charge in [-0.1, -0.05) is 18.2 Å². The van der Waals surface area contributed by atoms with Crippen molar-refractivity contribution in [2.75, 3.05) is 18.0 Å². The SMILES string of the molecule is CCn1c(N2CCCCC2)c(C(=O)O)c2ccccc21. The standard InChI is InChI=1S/C16H20N2O2/c1-2-18-13-9-5-4-8-12(13)14(16(19)20)15(18)17-10-6-3-7-11-17/h4-5,8-9H,2-3,6-7,10-11H2,1H3,(H,19,20). The van der Waals surface area contributed by atoms with Gasteiger partial charge in [-0.05, 0) is 32.3 Å². The fraction of sp³-hybridized carbons (Fsp3) is 0.438. The van der Waals surface area contributed by atoms with Crippen molar-refractivity contribution in [3.63, 3.8) is 0 Å². The predicted octanol–water partition coefficient (Wildman–Crippen LogP) is 3.35. The van der Waals surface area contributed by atoms with Crippen molar-refractivity contribution in [1.82, 2.24) is 4.57 Å². The number of carboxylic acids is 1. The molecule has 0 saturated carbocycles. The summed E-state index contributed by atoms with van der Waals surface area (Å²) in [6.45, 7) is 4.78. The summed E-state index contributed by atoms with van der Waals surface area (Å²) in [6.07, 6.45) is 3.53. The van der Waals surface area contributed by atoms with Gasteiger partial charge in [-0.2, -0.15) is 0 Å². The second kappa shape index (κ2) is 5.19. The fourth-order valence-electron chi connectivity index (χ4n) is 3.26. The maximum Gasteiger partial charge on any atom is 0.340 e. The van der Waals surface area contributed by atoms with Crippen LogP contribution < -0.4 is 4.90 Å². The molecule has 0 unspecified atom stereocenters. The fourth-order valence-corrected chi connectivity index (χ4v) is 3.26. The Bertz CT molecular complexity index is 639. The quantitative estimate of drug-likeness (QED) is 0.932. The molecule has 0 atom stereocenters. The predicted molar refractivity (Wildman–Crippen MR) is 80.6 cm³/mol. The van der Waals surface area contributed by atoms with Crippen LogP contribution in [0.4, 0.5) is 5.82 Å². The number of hydrogen-bond donors (Lipinski definition) is 1. The highest BCUT2D eigenvalue weighted by molar-refractivity contribution is 6.09. The second-order valence-corrected chi connectivity index (χ2v) is 5.31. The number of rotatable bonds is 3. The van der Waals surface area contributed by atoms with Crippen LogP contribution in [0.3, 0.4) is 0 Å². The molecule has 0 aliphatic carbocycles. The number of para-hydroxylation sites is 1. The zero-order valence-electron chi connectivity index (χ0n) is 11.8. The highest BCUT2D eigenvalue weighted by atomic mass is 16.4. The number of aryl methyl sites for hydroxylation is 1. The Kier molecular flexibility index (Phi) is 3.38. The molecule has 4 heteroatoms. The molecule has 1 aliphatic heterocycles. The van der Waals surface area contributed by atoms with E-state index in [4.69, 9.17) is 0 Å². The van der Waals surface area contributed by atoms with E-state index in [0.29, 0.717) is 5.56 Å². The van der Waals surface area contributed by atoms with E-state index in [1.807, 2.05) is 24.3 Å². The topological polar surface area (TPSA) is 45.5 Å². The number of nitrogens with zero attached hydrogens (tertiary/aromatic N) is 2. The largest absolute Gasteiger partial charge is 0.478 e. The van der Waals surface area contributed by atoms with Crippen molar-refractivity contribution in [2.45, 2.75) is 32.7 Å². The zero-order valence-corrected chi connectivity index (χ0v) is 11.8. The van der Waals surface area contributed by atoms with Gasteiger partial charge in [0.2, 0.25) is 0 Å². The first-order chi connectivity index (χ1) is 9.74. The molecule has 0 bridgehead atoms. The van der Waals surface area contributed by atoms with Crippen molar-refractivity contribution in [2.24, 2.45) is 0 Å². The molecule has 1 saturated heterocycles. The summed E-state index contributed by atoms with van der Waals surface area (Å²) in [5, 5.41) is 10.5. The molecule has 3 rings (SSSR count). The first-order valence-electron chi connectivity index (χ1n) is 7.33. The lowest BCUT2D eigenvalue weighted by Gasteiger charge is -2.30. The Morgan fingerprint density at radius 3 is 2.55 bits per heavy atom. The van der Waals surface area contributed by atoms with Gasteiger partial charge >= 0.3 is 5.97 Å². The maximum atomic E-state index is 11.8. The van der Waals surface area contributed by atoms with Crippen molar-refractivity contribution in [3.8, 4) is 0 Å². The summed E-state index contributed by atoms with van der Waals surface area (Å²) in [5.41, 5.74) is 1.48. The lowest BCUT2D eigenvalue weighted by atomic mass is 10.1. The number of anilines is 1. The first kappa shape index (κ1) is 13.0. The van der Waals surface area contributed by atoms with Gasteiger partial charge in [0.25, 0.3) is 0 Å². The van der Waals surface area contributed by atoms with Gasteiger partial charge in [0.1, 0.15) is 11.4 Å². The Morgan fingerprint density at radius 1 is 1.20 bits per heavy atom. The lowest BCUT2D eigenvalue weighted by Crippen LogP contribution is -2.32. The van der Waals surface area contributed by atoms with E-state index in [1.54, 1.807) is 0 Å². The van der Waals surface area contributed by atoms with E-state index >= 15 is 0 Å². The van der Waals surface area contributed by atoms with Crippen LogP contribution in [0.15, 0.2) is 24.3 Å². The van der Waals surface area contributed by atoms with E-state index in [1.165, 1.54) is 6.42 Å². The maximum absolute atomic E-state index is 11.8. The van der Waals surface area contributed by atoms with Crippen LogP contribution in [0, 0.1) is 0 Å². The molecule has 20 heavy (non-hydrogen) atoms. The number of carboxylic acid groups (broad SMARTS) is 1. The third-order valence-corrected chi connectivity index (χ3v) is 4.13. The monoisotopic (exact) mass is 272 g/mol. The summed E-state index contributed by atoms with van der Waals surface area (Å²) < 4.78 is 2.14. The molecular weight excluding hydrogens is 252 g/mol. The Morgan fingerprint density at radius 2 is 1.90 bits per heavy atom. The van der Waals surface area contributed by atoms with Crippen LogP contribution >= 0.6 is 0 Å². The Balaban J connectivity index is 2.26. The number of benzene rings is 1. The molecule has 0 spiro atoms. The highest BCUT2D eigenvalue weighted by Crippen LogP contribution is 2.34. The summed E-state index contributed by atoms with van der Waals surface area (Å²) >= 11 is 0. The molecule has 106 valence electrons. The molecule has 1 aliphatic rings. The number of hydrogen-bond acceptors (Lipinski definition) is 2. The molecule has 1 fully saturated rings. The number of aromatic nitrogens is 1. The van der Waals surface area contributed by atoms with Crippen LogP contribution in [0.5, 0.6) is 0 Å². The van der Waals surface area contributed by atoms with Crippen LogP contribution in [0.25, 0.3) is 10.9 Å². The molecular formula is C16H20N2O2.